The summed E-state index contributed by atoms with van der Waals surface area (Å²) in [6.45, 7) is 2.50. The van der Waals surface area contributed by atoms with Crippen molar-refractivity contribution in [2.24, 2.45) is 5.41 Å². The first-order chi connectivity index (χ1) is 9.40. The summed E-state index contributed by atoms with van der Waals surface area (Å²) in [5.74, 6) is -0.890. The lowest BCUT2D eigenvalue weighted by molar-refractivity contribution is -0.147. The summed E-state index contributed by atoms with van der Waals surface area (Å²) in [7, 11) is 0. The fourth-order valence-electron chi connectivity index (χ4n) is 2.74. The van der Waals surface area contributed by atoms with E-state index in [9.17, 15) is 14.7 Å². The molecule has 2 fully saturated rings. The number of carbonyl (C=O) groups is 2. The van der Waals surface area contributed by atoms with E-state index in [1.165, 1.54) is 0 Å². The first-order valence-electron chi connectivity index (χ1n) is 6.81. The number of aromatic nitrogens is 1. The number of carbonyl (C=O) groups excluding carboxylic acids is 1. The van der Waals surface area contributed by atoms with Crippen LogP contribution >= 0.6 is 15.9 Å². The summed E-state index contributed by atoms with van der Waals surface area (Å²) < 4.78 is 2.91. The lowest BCUT2D eigenvalue weighted by atomic mass is 9.90. The molecule has 1 unspecified atom stereocenters. The van der Waals surface area contributed by atoms with E-state index in [4.69, 9.17) is 0 Å². The summed E-state index contributed by atoms with van der Waals surface area (Å²) in [6, 6.07) is 2.26. The normalized spacial score (nSPS) is 26.0. The molecule has 1 saturated heterocycles. The van der Waals surface area contributed by atoms with Crippen molar-refractivity contribution in [3.05, 3.63) is 22.4 Å². The van der Waals surface area contributed by atoms with Gasteiger partial charge in [-0.25, -0.2) is 0 Å². The van der Waals surface area contributed by atoms with Crippen LogP contribution in [0.5, 0.6) is 0 Å². The van der Waals surface area contributed by atoms with E-state index < -0.39 is 11.4 Å². The summed E-state index contributed by atoms with van der Waals surface area (Å²) in [6.07, 6.45) is 4.67. The number of hydrogen-bond acceptors (Lipinski definition) is 2. The number of carboxylic acids is 1. The Kier molecular flexibility index (Phi) is 3.16. The monoisotopic (exact) mass is 340 g/mol. The van der Waals surface area contributed by atoms with Gasteiger partial charge in [-0.05, 0) is 48.2 Å². The lowest BCUT2D eigenvalue weighted by Crippen LogP contribution is -2.35. The number of halogens is 1. The van der Waals surface area contributed by atoms with Gasteiger partial charge in [0.1, 0.15) is 5.69 Å². The molecule has 1 saturated carbocycles. The molecule has 1 atom stereocenters. The highest BCUT2D eigenvalue weighted by Gasteiger charge is 2.43. The number of likely N-dealkylation sites (tertiary alicyclic amines) is 1. The van der Waals surface area contributed by atoms with Gasteiger partial charge in [-0.15, -0.1) is 0 Å². The van der Waals surface area contributed by atoms with Crippen LogP contribution in [0, 0.1) is 5.41 Å². The van der Waals surface area contributed by atoms with Gasteiger partial charge in [-0.2, -0.15) is 0 Å². The molecule has 2 heterocycles. The minimum atomic E-state index is -0.827. The highest BCUT2D eigenvalue weighted by Crippen LogP contribution is 2.38. The summed E-state index contributed by atoms with van der Waals surface area (Å²) in [4.78, 5) is 25.5. The predicted octanol–water partition coefficient (Wildman–Crippen LogP) is 2.52. The van der Waals surface area contributed by atoms with Gasteiger partial charge in [-0.3, -0.25) is 9.59 Å². The molecule has 0 spiro atoms. The van der Waals surface area contributed by atoms with E-state index in [1.807, 2.05) is 16.8 Å². The largest absolute Gasteiger partial charge is 0.481 e. The van der Waals surface area contributed by atoms with Crippen LogP contribution in [0.15, 0.2) is 16.7 Å². The summed E-state index contributed by atoms with van der Waals surface area (Å²) >= 11 is 3.42. The molecule has 6 heteroatoms. The van der Waals surface area contributed by atoms with Crippen LogP contribution in [0.3, 0.4) is 0 Å². The number of rotatable bonds is 3. The Morgan fingerprint density at radius 3 is 2.70 bits per heavy atom. The Morgan fingerprint density at radius 2 is 2.15 bits per heavy atom. The number of carboxylic acid groups (broad SMARTS) is 1. The first-order valence-corrected chi connectivity index (χ1v) is 7.60. The van der Waals surface area contributed by atoms with Crippen LogP contribution in [0.2, 0.25) is 0 Å². The maximum atomic E-state index is 12.6. The summed E-state index contributed by atoms with van der Waals surface area (Å²) in [5.41, 5.74) is -0.154. The van der Waals surface area contributed by atoms with Crippen molar-refractivity contribution >= 4 is 27.8 Å². The summed E-state index contributed by atoms with van der Waals surface area (Å²) in [5, 5.41) is 9.25. The van der Waals surface area contributed by atoms with Crippen molar-refractivity contribution in [1.29, 1.82) is 0 Å². The Bertz CT molecular complexity index is 579. The highest BCUT2D eigenvalue weighted by atomic mass is 79.9. The van der Waals surface area contributed by atoms with Gasteiger partial charge >= 0.3 is 5.97 Å². The second-order valence-electron chi connectivity index (χ2n) is 6.02. The molecule has 1 aromatic heterocycles. The van der Waals surface area contributed by atoms with Crippen LogP contribution in [0.25, 0.3) is 0 Å². The molecule has 20 heavy (non-hydrogen) atoms. The molecule has 3 rings (SSSR count). The third-order valence-corrected chi connectivity index (χ3v) is 4.69. The molecule has 108 valence electrons. The van der Waals surface area contributed by atoms with Crippen LogP contribution < -0.4 is 0 Å². The smallest absolute Gasteiger partial charge is 0.311 e. The minimum Gasteiger partial charge on any atom is -0.481 e. The maximum absolute atomic E-state index is 12.6. The fraction of sp³-hybridized carbons (Fsp3) is 0.571. The van der Waals surface area contributed by atoms with E-state index in [0.717, 1.165) is 17.3 Å². The molecule has 5 nitrogen and oxygen atoms in total. The number of hydrogen-bond donors (Lipinski definition) is 1. The van der Waals surface area contributed by atoms with E-state index in [2.05, 4.69) is 15.9 Å². The molecule has 1 aliphatic carbocycles. The SMILES string of the molecule is CC1(C(=O)O)CCN(C(=O)c2cc(Br)cn2C2CC2)C1. The van der Waals surface area contributed by atoms with Gasteiger partial charge in [0.15, 0.2) is 0 Å². The molecule has 0 aromatic carbocycles. The standard InChI is InChI=1S/C14H17BrN2O3/c1-14(13(19)20)4-5-16(8-14)12(18)11-6-9(15)7-17(11)10-2-3-10/h6-7,10H,2-5,8H2,1H3,(H,19,20). The average molecular weight is 341 g/mol. The zero-order valence-corrected chi connectivity index (χ0v) is 12.9. The van der Waals surface area contributed by atoms with Crippen molar-refractivity contribution in [2.45, 2.75) is 32.2 Å². The zero-order valence-electron chi connectivity index (χ0n) is 11.3. The van der Waals surface area contributed by atoms with Gasteiger partial charge in [0, 0.05) is 29.8 Å². The molecule has 1 N–H and O–H groups in total. The van der Waals surface area contributed by atoms with Crippen LogP contribution in [-0.4, -0.2) is 39.5 Å². The topological polar surface area (TPSA) is 62.5 Å². The van der Waals surface area contributed by atoms with E-state index in [0.29, 0.717) is 24.7 Å². The molecule has 0 radical (unpaired) electrons. The van der Waals surface area contributed by atoms with Gasteiger partial charge in [0.25, 0.3) is 5.91 Å². The van der Waals surface area contributed by atoms with E-state index in [-0.39, 0.29) is 12.5 Å². The molecule has 2 aliphatic rings. The second-order valence-corrected chi connectivity index (χ2v) is 6.94. The van der Waals surface area contributed by atoms with Gasteiger partial charge in [0.05, 0.1) is 5.41 Å². The number of nitrogens with zero attached hydrogens (tertiary/aromatic N) is 2. The molecule has 1 aromatic rings. The Hall–Kier alpha value is -1.30. The van der Waals surface area contributed by atoms with Crippen LogP contribution in [-0.2, 0) is 4.79 Å². The van der Waals surface area contributed by atoms with Crippen molar-refractivity contribution in [1.82, 2.24) is 9.47 Å². The molecular weight excluding hydrogens is 324 g/mol. The van der Waals surface area contributed by atoms with Crippen molar-refractivity contribution in [2.75, 3.05) is 13.1 Å². The molecule has 0 bridgehead atoms. The third-order valence-electron chi connectivity index (χ3n) is 4.25. The molecule has 1 amide bonds. The van der Waals surface area contributed by atoms with Crippen molar-refractivity contribution in [3.63, 3.8) is 0 Å². The van der Waals surface area contributed by atoms with Crippen LogP contribution in [0.4, 0.5) is 0 Å². The van der Waals surface area contributed by atoms with E-state index >= 15 is 0 Å². The first kappa shape index (κ1) is 13.7. The van der Waals surface area contributed by atoms with Gasteiger partial charge in [0.2, 0.25) is 0 Å². The third kappa shape index (κ3) is 2.26. The van der Waals surface area contributed by atoms with Gasteiger partial charge < -0.3 is 14.6 Å². The molecule has 1 aliphatic heterocycles. The fourth-order valence-corrected chi connectivity index (χ4v) is 3.18. The molecular formula is C14H17BrN2O3. The van der Waals surface area contributed by atoms with Crippen LogP contribution in [0.1, 0.15) is 42.7 Å². The van der Waals surface area contributed by atoms with Gasteiger partial charge in [-0.1, -0.05) is 0 Å². The quantitative estimate of drug-likeness (QED) is 0.919. The zero-order chi connectivity index (χ0) is 14.5. The average Bonchev–Trinajstić information content (AvgIpc) is 3.05. The number of aliphatic carboxylic acids is 1. The van der Waals surface area contributed by atoms with E-state index in [1.54, 1.807) is 11.8 Å². The second kappa shape index (κ2) is 4.62. The lowest BCUT2D eigenvalue weighted by Gasteiger charge is -2.20. The minimum absolute atomic E-state index is 0.0624. The maximum Gasteiger partial charge on any atom is 0.311 e. The highest BCUT2D eigenvalue weighted by molar-refractivity contribution is 9.10. The predicted molar refractivity (Wildman–Crippen MR) is 76.7 cm³/mol. The number of amides is 1. The Balaban J connectivity index is 1.82. The Morgan fingerprint density at radius 1 is 1.45 bits per heavy atom. The Labute approximate surface area is 125 Å². The van der Waals surface area contributed by atoms with Crippen molar-refractivity contribution < 1.29 is 14.7 Å². The van der Waals surface area contributed by atoms with Crippen molar-refractivity contribution in [3.8, 4) is 0 Å².